The van der Waals surface area contributed by atoms with Crippen molar-refractivity contribution < 1.29 is 42.9 Å². The van der Waals surface area contributed by atoms with E-state index in [4.69, 9.17) is 10.6 Å². The van der Waals surface area contributed by atoms with Crippen molar-refractivity contribution in [2.24, 2.45) is 5.16 Å². The second-order valence-corrected chi connectivity index (χ2v) is 17.6. The van der Waals surface area contributed by atoms with Crippen molar-refractivity contribution in [2.75, 3.05) is 77.7 Å². The van der Waals surface area contributed by atoms with Crippen LogP contribution in [-0.4, -0.2) is 154 Å². The van der Waals surface area contributed by atoms with E-state index < -0.39 is 52.4 Å². The molecular weight excluding hydrogens is 719 g/mol. The first-order valence-corrected chi connectivity index (χ1v) is 20.0. The highest BCUT2D eigenvalue weighted by Gasteiger charge is 2.57. The number of anilines is 1. The second kappa shape index (κ2) is 13.7. The van der Waals surface area contributed by atoms with E-state index in [-0.39, 0.29) is 27.9 Å². The summed E-state index contributed by atoms with van der Waals surface area (Å²) in [4.78, 5) is 79.1. The molecule has 7 heterocycles. The summed E-state index contributed by atoms with van der Waals surface area (Å²) in [6.45, 7) is 4.86. The molecule has 4 amide bonds. The topological polar surface area (TPSA) is 199 Å². The Labute approximate surface area is 307 Å². The van der Waals surface area contributed by atoms with Crippen LogP contribution in [0.25, 0.3) is 0 Å². The van der Waals surface area contributed by atoms with Crippen molar-refractivity contribution in [2.45, 2.75) is 48.5 Å². The van der Waals surface area contributed by atoms with Crippen LogP contribution in [0.1, 0.15) is 31.4 Å². The number of nitrogens with zero attached hydrogens (tertiary/aromatic N) is 6. The largest absolute Gasteiger partial charge is 0.543 e. The van der Waals surface area contributed by atoms with Crippen LogP contribution < -0.4 is 21.5 Å². The summed E-state index contributed by atoms with van der Waals surface area (Å²) < 4.78 is 1.44. The number of aromatic nitrogens is 1. The van der Waals surface area contributed by atoms with Gasteiger partial charge in [0, 0.05) is 53.7 Å². The molecule has 4 saturated heterocycles. The summed E-state index contributed by atoms with van der Waals surface area (Å²) in [7, 11) is 5.53. The van der Waals surface area contributed by atoms with Crippen LogP contribution in [-0.2, 0) is 28.8 Å². The predicted molar refractivity (Wildman–Crippen MR) is 189 cm³/mol. The highest BCUT2D eigenvalue weighted by molar-refractivity contribution is 8.00. The lowest BCUT2D eigenvalue weighted by molar-refractivity contribution is -0.893. The fraction of sp³-hybridized carbons (Fsp3) is 0.594. The number of nitrogens with two attached hydrogens (primary N) is 1. The van der Waals surface area contributed by atoms with E-state index in [0.29, 0.717) is 30.2 Å². The Morgan fingerprint density at radius 2 is 1.43 bits per heavy atom. The fourth-order valence-corrected chi connectivity index (χ4v) is 11.4. The van der Waals surface area contributed by atoms with Crippen LogP contribution in [0.3, 0.4) is 0 Å². The van der Waals surface area contributed by atoms with Crippen molar-refractivity contribution in [1.29, 1.82) is 0 Å². The number of amides is 4. The van der Waals surface area contributed by atoms with Crippen LogP contribution in [0.2, 0.25) is 0 Å². The minimum Gasteiger partial charge on any atom is -0.543 e. The molecule has 16 nitrogen and oxygen atoms in total. The van der Waals surface area contributed by atoms with Gasteiger partial charge < -0.3 is 40.1 Å². The van der Waals surface area contributed by atoms with Crippen LogP contribution in [0.5, 0.6) is 0 Å². The third kappa shape index (κ3) is 6.51. The highest BCUT2D eigenvalue weighted by Crippen LogP contribution is 2.44. The van der Waals surface area contributed by atoms with Gasteiger partial charge in [-0.05, 0) is 0 Å². The number of fused-ring (bicyclic) bond motifs is 2. The third-order valence-electron chi connectivity index (χ3n) is 10.7. The van der Waals surface area contributed by atoms with Gasteiger partial charge >= 0.3 is 0 Å². The molecule has 0 spiro atoms. The molecule has 4 N–H and O–H groups in total. The summed E-state index contributed by atoms with van der Waals surface area (Å²) in [5.41, 5.74) is 7.38. The molecule has 1 aromatic heterocycles. The van der Waals surface area contributed by atoms with Gasteiger partial charge in [0.15, 0.2) is 10.8 Å². The second-order valence-electron chi connectivity index (χ2n) is 14.5. The van der Waals surface area contributed by atoms with Crippen LogP contribution in [0.4, 0.5) is 5.13 Å². The van der Waals surface area contributed by atoms with Gasteiger partial charge in [-0.15, -0.1) is 34.9 Å². The number of quaternary nitrogens is 2. The molecule has 6 aliphatic rings. The molecule has 0 saturated carbocycles. The number of carbonyl (C=O) groups excluding carboxylic acids is 5. The number of β-lactam (4-membered cyclic amide) rings is 2. The first kappa shape index (κ1) is 35.7. The number of carboxylic acids is 1. The lowest BCUT2D eigenvalue weighted by Crippen LogP contribution is -2.74. The number of hydrogen-bond acceptors (Lipinski definition) is 13. The maximum absolute atomic E-state index is 14.3. The fourth-order valence-electron chi connectivity index (χ4n) is 8.16. The van der Waals surface area contributed by atoms with E-state index in [0.717, 1.165) is 77.7 Å². The smallest absolute Gasteiger partial charge is 0.276 e. The van der Waals surface area contributed by atoms with E-state index in [1.165, 1.54) is 40.4 Å². The molecule has 7 rings (SSSR count). The maximum atomic E-state index is 14.3. The number of carbonyl (C=O) groups is 5. The van der Waals surface area contributed by atoms with E-state index >= 15 is 0 Å². The molecule has 6 aliphatic heterocycles. The number of rotatable bonds is 11. The van der Waals surface area contributed by atoms with E-state index in [9.17, 15) is 29.1 Å². The zero-order valence-electron chi connectivity index (χ0n) is 28.7. The van der Waals surface area contributed by atoms with Crippen molar-refractivity contribution >= 4 is 75.3 Å². The molecule has 274 valence electrons. The Kier molecular flexibility index (Phi) is 9.62. The number of likely N-dealkylation sites (N-methyl/N-ethyl adjacent to an activating group) is 2. The molecular formula is C32H42N9O7S3+. The first-order chi connectivity index (χ1) is 24.3. The normalized spacial score (nSPS) is 28.2. The summed E-state index contributed by atoms with van der Waals surface area (Å²) in [6, 6.07) is -1.93. The SMILES string of the molecule is CO/N=C(\C(=O)N[C@H]1C(=O)N2C(C(=O)N[C@H]3C(=O)N4C(C(=O)[O-])=C(C[N+]5(C)CCCC5)CS[C@@H]34)=C(C[N+]3(C)CCCC3)CS[C@@H]12)c1csc(N)n1. The zero-order valence-corrected chi connectivity index (χ0v) is 31.2. The molecule has 1 aromatic rings. The van der Waals surface area contributed by atoms with Crippen molar-refractivity contribution in [3.8, 4) is 0 Å². The van der Waals surface area contributed by atoms with Crippen LogP contribution in [0.15, 0.2) is 33.1 Å². The number of oxime groups is 1. The van der Waals surface area contributed by atoms with E-state index in [1.807, 2.05) is 0 Å². The molecule has 4 fully saturated rings. The minimum absolute atomic E-state index is 0.0887. The van der Waals surface area contributed by atoms with Gasteiger partial charge in [0.25, 0.3) is 23.6 Å². The van der Waals surface area contributed by atoms with Gasteiger partial charge in [-0.1, -0.05) is 5.16 Å². The Morgan fingerprint density at radius 1 is 0.922 bits per heavy atom. The van der Waals surface area contributed by atoms with Gasteiger partial charge in [0.1, 0.15) is 54.4 Å². The molecule has 0 unspecified atom stereocenters. The minimum atomic E-state index is -1.39. The number of aliphatic carboxylic acids is 1. The summed E-state index contributed by atoms with van der Waals surface area (Å²) in [5, 5.41) is 22.4. The summed E-state index contributed by atoms with van der Waals surface area (Å²) in [5.74, 6) is -2.78. The zero-order chi connectivity index (χ0) is 36.2. The van der Waals surface area contributed by atoms with Gasteiger partial charge in [-0.25, -0.2) is 4.98 Å². The highest BCUT2D eigenvalue weighted by atomic mass is 32.2. The van der Waals surface area contributed by atoms with Crippen molar-refractivity contribution in [3.63, 3.8) is 0 Å². The molecule has 0 bridgehead atoms. The number of nitrogen functional groups attached to an aromatic ring is 1. The molecule has 0 radical (unpaired) electrons. The van der Waals surface area contributed by atoms with Crippen LogP contribution >= 0.6 is 34.9 Å². The lowest BCUT2D eigenvalue weighted by atomic mass is 9.99. The number of thiazole rings is 1. The van der Waals surface area contributed by atoms with Crippen molar-refractivity contribution in [1.82, 2.24) is 25.4 Å². The monoisotopic (exact) mass is 760 g/mol. The molecule has 51 heavy (non-hydrogen) atoms. The quantitative estimate of drug-likeness (QED) is 0.104. The number of hydrogen-bond donors (Lipinski definition) is 3. The molecule has 19 heteroatoms. The van der Waals surface area contributed by atoms with Gasteiger partial charge in [-0.2, -0.15) is 0 Å². The average molecular weight is 761 g/mol. The van der Waals surface area contributed by atoms with Gasteiger partial charge in [0.05, 0.1) is 51.9 Å². The standard InChI is InChI=1S/C32H41N9O7S3/c1-40(8-4-5-9-40)12-17-14-49-29-21(35-25(42)20(37-48-3)19-16-51-32(33)34-19)27(44)38(29)23(17)26(43)36-22-28(45)39-24(31(46)47)18(15-50-30(22)39)13-41(2)10-6-7-11-41/h16,21-22,29-30H,4-15H2,1-3H3,(H3-2,33,34,35,36,42,43,46,47)/p+1/b37-20-/t21-,22-,29-,30-/m0/s1. The number of thioether (sulfide) groups is 2. The first-order valence-electron chi connectivity index (χ1n) is 17.0. The maximum Gasteiger partial charge on any atom is 0.276 e. The Balaban J connectivity index is 1.11. The Bertz CT molecular complexity index is 1760. The molecule has 0 aromatic carbocycles. The number of carboxylic acid groups (broad SMARTS) is 1. The number of likely N-dealkylation sites (tertiary alicyclic amines) is 2. The van der Waals surface area contributed by atoms with Crippen molar-refractivity contribution in [3.05, 3.63) is 33.6 Å². The molecule has 0 aliphatic carbocycles. The summed E-state index contributed by atoms with van der Waals surface area (Å²) in [6.07, 6.45) is 4.27. The van der Waals surface area contributed by atoms with Gasteiger partial charge in [0.2, 0.25) is 0 Å². The predicted octanol–water partition coefficient (Wildman–Crippen LogP) is -1.39. The Morgan fingerprint density at radius 3 is 1.92 bits per heavy atom. The lowest BCUT2D eigenvalue weighted by Gasteiger charge is -2.53. The van der Waals surface area contributed by atoms with Gasteiger partial charge in [-0.3, -0.25) is 29.0 Å². The summed E-state index contributed by atoms with van der Waals surface area (Å²) >= 11 is 4.01. The number of nitrogens with one attached hydrogen (secondary N) is 2. The van der Waals surface area contributed by atoms with Crippen LogP contribution in [0, 0.1) is 0 Å². The average Bonchev–Trinajstić information content (AvgIpc) is 3.85. The van der Waals surface area contributed by atoms with E-state index in [2.05, 4.69) is 34.9 Å². The third-order valence-corrected chi connectivity index (χ3v) is 14.0. The molecule has 4 atom stereocenters. The van der Waals surface area contributed by atoms with E-state index in [1.54, 1.807) is 5.38 Å². The Hall–Kier alpha value is -3.65.